The molecule has 0 unspecified atom stereocenters. The summed E-state index contributed by atoms with van der Waals surface area (Å²) in [5.41, 5.74) is 3.21. The number of benzene rings is 1. The Labute approximate surface area is 122 Å². The molecule has 0 fully saturated rings. The summed E-state index contributed by atoms with van der Waals surface area (Å²) in [5.74, 6) is -1.10. The van der Waals surface area contributed by atoms with E-state index in [4.69, 9.17) is 0 Å². The minimum Gasteiger partial charge on any atom is -0.545 e. The van der Waals surface area contributed by atoms with E-state index in [0.29, 0.717) is 0 Å². The van der Waals surface area contributed by atoms with Crippen LogP contribution in [0.2, 0.25) is 0 Å². The van der Waals surface area contributed by atoms with Gasteiger partial charge in [0, 0.05) is 5.56 Å². The maximum atomic E-state index is 11.1. The number of unbranched alkanes of at least 4 members (excludes halogenated alkanes) is 5. The summed E-state index contributed by atoms with van der Waals surface area (Å²) in [6.45, 7) is 6.17. The highest BCUT2D eigenvalue weighted by atomic mass is 16.4. The highest BCUT2D eigenvalue weighted by Gasteiger charge is 2.05. The fraction of sp³-hybridized carbons (Fsp3) is 0.500. The van der Waals surface area contributed by atoms with Crippen molar-refractivity contribution in [3.8, 4) is 0 Å². The average molecular weight is 273 g/mol. The monoisotopic (exact) mass is 273 g/mol. The molecule has 1 aromatic rings. The van der Waals surface area contributed by atoms with Gasteiger partial charge in [0.05, 0.1) is 5.97 Å². The number of carboxylic acid groups (broad SMARTS) is 1. The molecule has 0 saturated heterocycles. The Morgan fingerprint density at radius 3 is 2.50 bits per heavy atom. The third-order valence-electron chi connectivity index (χ3n) is 3.76. The highest BCUT2D eigenvalue weighted by molar-refractivity contribution is 5.91. The molecular formula is C18H25O2-. The van der Waals surface area contributed by atoms with Gasteiger partial charge in [-0.1, -0.05) is 56.9 Å². The van der Waals surface area contributed by atoms with Gasteiger partial charge in [0.25, 0.3) is 0 Å². The largest absolute Gasteiger partial charge is 0.545 e. The zero-order valence-electron chi connectivity index (χ0n) is 12.9. The van der Waals surface area contributed by atoms with Crippen LogP contribution < -0.4 is 5.11 Å². The maximum absolute atomic E-state index is 11.1. The number of hydrogen-bond donors (Lipinski definition) is 0. The predicted molar refractivity (Wildman–Crippen MR) is 82.7 cm³/mol. The van der Waals surface area contributed by atoms with E-state index in [1.165, 1.54) is 32.1 Å². The summed E-state index contributed by atoms with van der Waals surface area (Å²) >= 11 is 0. The van der Waals surface area contributed by atoms with Crippen LogP contribution in [0.25, 0.3) is 6.08 Å². The Morgan fingerprint density at radius 1 is 1.15 bits per heavy atom. The van der Waals surface area contributed by atoms with Gasteiger partial charge in [-0.25, -0.2) is 0 Å². The summed E-state index contributed by atoms with van der Waals surface area (Å²) in [7, 11) is 0. The molecule has 20 heavy (non-hydrogen) atoms. The van der Waals surface area contributed by atoms with E-state index in [0.717, 1.165) is 23.1 Å². The molecule has 0 saturated carbocycles. The summed E-state index contributed by atoms with van der Waals surface area (Å²) < 4.78 is 0. The van der Waals surface area contributed by atoms with Crippen LogP contribution in [0.1, 0.15) is 72.5 Å². The van der Waals surface area contributed by atoms with Gasteiger partial charge in [0.15, 0.2) is 0 Å². The van der Waals surface area contributed by atoms with E-state index in [1.54, 1.807) is 6.07 Å². The van der Waals surface area contributed by atoms with E-state index in [-0.39, 0.29) is 5.56 Å². The second-order valence-corrected chi connectivity index (χ2v) is 5.36. The molecule has 0 radical (unpaired) electrons. The smallest absolute Gasteiger partial charge is 0.0721 e. The van der Waals surface area contributed by atoms with Gasteiger partial charge in [-0.3, -0.25) is 0 Å². The van der Waals surface area contributed by atoms with Crippen molar-refractivity contribution < 1.29 is 9.90 Å². The van der Waals surface area contributed by atoms with Crippen molar-refractivity contribution in [2.45, 2.75) is 59.3 Å². The number of carboxylic acids is 1. The molecule has 1 aromatic carbocycles. The van der Waals surface area contributed by atoms with Crippen LogP contribution in [0.4, 0.5) is 0 Å². The van der Waals surface area contributed by atoms with Gasteiger partial charge in [-0.15, -0.1) is 0 Å². The molecule has 0 heterocycles. The molecule has 110 valence electrons. The lowest BCUT2D eigenvalue weighted by Gasteiger charge is -2.12. The summed E-state index contributed by atoms with van der Waals surface area (Å²) in [6.07, 6.45) is 11.3. The van der Waals surface area contributed by atoms with Crippen LogP contribution in [-0.4, -0.2) is 5.97 Å². The van der Waals surface area contributed by atoms with Gasteiger partial charge in [0.2, 0.25) is 0 Å². The standard InChI is InChI=1S/C18H26O2/c1-4-5-6-7-8-9-10-11-16-15(3)14(2)12-13-17(16)18(19)20/h10-13H,4-9H2,1-3H3,(H,19,20)/p-1/b11-10+. The Hall–Kier alpha value is -1.57. The summed E-state index contributed by atoms with van der Waals surface area (Å²) in [6, 6.07) is 3.47. The molecule has 0 aliphatic carbocycles. The summed E-state index contributed by atoms with van der Waals surface area (Å²) in [4.78, 5) is 11.1. The first kappa shape index (κ1) is 16.5. The van der Waals surface area contributed by atoms with Crippen molar-refractivity contribution in [2.24, 2.45) is 0 Å². The van der Waals surface area contributed by atoms with Crippen LogP contribution in [0.3, 0.4) is 0 Å². The number of allylic oxidation sites excluding steroid dienone is 1. The van der Waals surface area contributed by atoms with Crippen LogP contribution >= 0.6 is 0 Å². The molecule has 2 heteroatoms. The summed E-state index contributed by atoms with van der Waals surface area (Å²) in [5, 5.41) is 11.1. The second-order valence-electron chi connectivity index (χ2n) is 5.36. The van der Waals surface area contributed by atoms with Crippen molar-refractivity contribution >= 4 is 12.0 Å². The van der Waals surface area contributed by atoms with Crippen molar-refractivity contribution in [3.05, 3.63) is 40.5 Å². The van der Waals surface area contributed by atoms with Crippen molar-refractivity contribution in [1.29, 1.82) is 0 Å². The van der Waals surface area contributed by atoms with Gasteiger partial charge in [0.1, 0.15) is 0 Å². The molecule has 0 aliphatic heterocycles. The second kappa shape index (κ2) is 8.57. The van der Waals surface area contributed by atoms with Gasteiger partial charge in [-0.05, 0) is 43.4 Å². The number of hydrogen-bond acceptors (Lipinski definition) is 2. The SMILES string of the molecule is CCCCCCC/C=C/c1c(C(=O)[O-])ccc(C)c1C. The molecule has 0 bridgehead atoms. The molecular weight excluding hydrogens is 248 g/mol. The molecule has 1 rings (SSSR count). The van der Waals surface area contributed by atoms with Gasteiger partial charge >= 0.3 is 0 Å². The normalized spacial score (nSPS) is 11.2. The molecule has 0 aromatic heterocycles. The number of carbonyl (C=O) groups excluding carboxylic acids is 1. The third kappa shape index (κ3) is 4.84. The highest BCUT2D eigenvalue weighted by Crippen LogP contribution is 2.20. The number of carbonyl (C=O) groups is 1. The Morgan fingerprint density at radius 2 is 1.85 bits per heavy atom. The minimum absolute atomic E-state index is 0.287. The zero-order valence-corrected chi connectivity index (χ0v) is 12.9. The Kier molecular flexibility index (Phi) is 7.06. The van der Waals surface area contributed by atoms with Crippen molar-refractivity contribution in [1.82, 2.24) is 0 Å². The Balaban J connectivity index is 2.66. The quantitative estimate of drug-likeness (QED) is 0.671. The molecule has 0 aliphatic rings. The maximum Gasteiger partial charge on any atom is 0.0721 e. The third-order valence-corrected chi connectivity index (χ3v) is 3.76. The van der Waals surface area contributed by atoms with E-state index in [9.17, 15) is 9.90 Å². The van der Waals surface area contributed by atoms with Crippen LogP contribution in [0.5, 0.6) is 0 Å². The van der Waals surface area contributed by atoms with Crippen LogP contribution in [-0.2, 0) is 0 Å². The molecule has 0 spiro atoms. The van der Waals surface area contributed by atoms with Crippen molar-refractivity contribution in [3.63, 3.8) is 0 Å². The number of aryl methyl sites for hydroxylation is 1. The van der Waals surface area contributed by atoms with Crippen LogP contribution in [0.15, 0.2) is 18.2 Å². The van der Waals surface area contributed by atoms with E-state index >= 15 is 0 Å². The average Bonchev–Trinajstić information content (AvgIpc) is 2.42. The zero-order chi connectivity index (χ0) is 15.0. The minimum atomic E-state index is -1.10. The predicted octanol–water partition coefficient (Wildman–Crippen LogP) is 4.04. The Bertz CT molecular complexity index is 473. The van der Waals surface area contributed by atoms with E-state index < -0.39 is 5.97 Å². The fourth-order valence-corrected chi connectivity index (χ4v) is 2.30. The lowest BCUT2D eigenvalue weighted by atomic mass is 9.97. The van der Waals surface area contributed by atoms with E-state index in [2.05, 4.69) is 13.0 Å². The van der Waals surface area contributed by atoms with Crippen LogP contribution in [0, 0.1) is 13.8 Å². The first-order valence-corrected chi connectivity index (χ1v) is 7.56. The molecule has 2 nitrogen and oxygen atoms in total. The van der Waals surface area contributed by atoms with Gasteiger partial charge < -0.3 is 9.90 Å². The molecule has 0 amide bonds. The lowest BCUT2D eigenvalue weighted by molar-refractivity contribution is -0.255. The van der Waals surface area contributed by atoms with E-state index in [1.807, 2.05) is 26.0 Å². The number of rotatable bonds is 8. The lowest BCUT2D eigenvalue weighted by Crippen LogP contribution is -2.23. The fourth-order valence-electron chi connectivity index (χ4n) is 2.30. The van der Waals surface area contributed by atoms with Crippen molar-refractivity contribution in [2.75, 3.05) is 0 Å². The first-order chi connectivity index (χ1) is 9.57. The van der Waals surface area contributed by atoms with Gasteiger partial charge in [-0.2, -0.15) is 0 Å². The topological polar surface area (TPSA) is 40.1 Å². The molecule has 0 atom stereocenters. The first-order valence-electron chi connectivity index (χ1n) is 7.56. The number of aromatic carboxylic acids is 1. The molecule has 0 N–H and O–H groups in total.